The van der Waals surface area contributed by atoms with Crippen LogP contribution in [0.3, 0.4) is 0 Å². The van der Waals surface area contributed by atoms with Crippen LogP contribution in [-0.2, 0) is 0 Å². The maximum Gasteiger partial charge on any atom is 0.271 e. The molecule has 0 fully saturated rings. The van der Waals surface area contributed by atoms with E-state index in [-0.39, 0.29) is 11.7 Å². The Morgan fingerprint density at radius 3 is 2.79 bits per heavy atom. The molecule has 1 heterocycles. The summed E-state index contributed by atoms with van der Waals surface area (Å²) in [6.07, 6.45) is 1.38. The van der Waals surface area contributed by atoms with Crippen molar-refractivity contribution in [3.05, 3.63) is 88.7 Å². The molecule has 4 aromatic rings. The monoisotopic (exact) mass is 392 g/mol. The molecular weight excluding hydrogens is 379 g/mol. The van der Waals surface area contributed by atoms with E-state index in [1.54, 1.807) is 36.4 Å². The third-order valence-corrected chi connectivity index (χ3v) is 4.43. The Labute approximate surface area is 164 Å². The summed E-state index contributed by atoms with van der Waals surface area (Å²) in [6.45, 7) is 0. The number of rotatable bonds is 4. The zero-order valence-electron chi connectivity index (χ0n) is 14.5. The molecule has 1 amide bonds. The number of imidazole rings is 1. The third-order valence-electron chi connectivity index (χ3n) is 4.10. The van der Waals surface area contributed by atoms with Crippen molar-refractivity contribution in [2.45, 2.75) is 0 Å². The molecule has 7 heteroatoms. The normalized spacial score (nSPS) is 11.2. The smallest absolute Gasteiger partial charge is 0.271 e. The van der Waals surface area contributed by atoms with Gasteiger partial charge < -0.3 is 4.98 Å². The molecule has 0 saturated heterocycles. The Balaban J connectivity index is 1.54. The first-order valence-electron chi connectivity index (χ1n) is 8.44. The third kappa shape index (κ3) is 3.77. The average Bonchev–Trinajstić information content (AvgIpc) is 3.11. The van der Waals surface area contributed by atoms with Crippen LogP contribution in [0.15, 0.2) is 71.8 Å². The van der Waals surface area contributed by atoms with Crippen LogP contribution < -0.4 is 5.43 Å². The predicted molar refractivity (Wildman–Crippen MR) is 108 cm³/mol. The van der Waals surface area contributed by atoms with E-state index in [1.807, 2.05) is 18.2 Å². The van der Waals surface area contributed by atoms with Gasteiger partial charge in [-0.15, -0.1) is 0 Å². The number of aromatic nitrogens is 2. The fourth-order valence-electron chi connectivity index (χ4n) is 2.75. The van der Waals surface area contributed by atoms with Gasteiger partial charge in [-0.3, -0.25) is 4.79 Å². The number of carbonyl (C=O) groups is 1. The van der Waals surface area contributed by atoms with Crippen LogP contribution in [-0.4, -0.2) is 22.1 Å². The second kappa shape index (κ2) is 7.62. The Hall–Kier alpha value is -3.51. The Morgan fingerprint density at radius 1 is 1.11 bits per heavy atom. The van der Waals surface area contributed by atoms with Gasteiger partial charge in [0.05, 0.1) is 22.3 Å². The molecule has 0 radical (unpaired) electrons. The van der Waals surface area contributed by atoms with E-state index in [9.17, 15) is 9.18 Å². The lowest BCUT2D eigenvalue weighted by atomic mass is 10.2. The van der Waals surface area contributed by atoms with Gasteiger partial charge in [0, 0.05) is 11.1 Å². The van der Waals surface area contributed by atoms with Crippen molar-refractivity contribution in [1.29, 1.82) is 0 Å². The highest BCUT2D eigenvalue weighted by Crippen LogP contribution is 2.27. The van der Waals surface area contributed by atoms with Gasteiger partial charge in [-0.25, -0.2) is 14.8 Å². The van der Waals surface area contributed by atoms with Crippen LogP contribution in [0, 0.1) is 5.82 Å². The molecule has 1 aromatic heterocycles. The van der Waals surface area contributed by atoms with Gasteiger partial charge >= 0.3 is 0 Å². The Morgan fingerprint density at radius 2 is 1.96 bits per heavy atom. The second-order valence-electron chi connectivity index (χ2n) is 6.05. The van der Waals surface area contributed by atoms with Gasteiger partial charge in [0.1, 0.15) is 11.6 Å². The molecule has 0 aliphatic rings. The van der Waals surface area contributed by atoms with Crippen LogP contribution >= 0.6 is 11.6 Å². The van der Waals surface area contributed by atoms with Crippen molar-refractivity contribution in [1.82, 2.24) is 15.4 Å². The molecule has 3 aromatic carbocycles. The van der Waals surface area contributed by atoms with Gasteiger partial charge in [-0.05, 0) is 48.0 Å². The number of aromatic amines is 1. The van der Waals surface area contributed by atoms with E-state index in [0.717, 1.165) is 11.1 Å². The summed E-state index contributed by atoms with van der Waals surface area (Å²) in [7, 11) is 0. The molecule has 0 bridgehead atoms. The van der Waals surface area contributed by atoms with Crippen molar-refractivity contribution >= 4 is 34.8 Å². The number of nitrogens with one attached hydrogen (secondary N) is 2. The van der Waals surface area contributed by atoms with Crippen molar-refractivity contribution in [2.24, 2.45) is 5.10 Å². The number of halogens is 2. The van der Waals surface area contributed by atoms with Crippen molar-refractivity contribution in [3.8, 4) is 11.4 Å². The highest BCUT2D eigenvalue weighted by atomic mass is 35.5. The standard InChI is InChI=1S/C21H14ClFN4O/c22-17-7-2-1-6-16(17)20-25-18-9-8-14(11-19(18)26-20)21(28)27-24-12-13-4-3-5-15(23)10-13/h1-12H,(H,25,26)(H,27,28)/b24-12+. The lowest BCUT2D eigenvalue weighted by Crippen LogP contribution is -2.17. The molecule has 0 aliphatic carbocycles. The van der Waals surface area contributed by atoms with Gasteiger partial charge in [-0.1, -0.05) is 35.9 Å². The lowest BCUT2D eigenvalue weighted by Gasteiger charge is -2.00. The molecule has 0 atom stereocenters. The first-order valence-corrected chi connectivity index (χ1v) is 8.81. The van der Waals surface area contributed by atoms with Gasteiger partial charge in [0.25, 0.3) is 5.91 Å². The van der Waals surface area contributed by atoms with Crippen LogP contribution in [0.2, 0.25) is 5.02 Å². The van der Waals surface area contributed by atoms with E-state index < -0.39 is 0 Å². The van der Waals surface area contributed by atoms with E-state index in [2.05, 4.69) is 20.5 Å². The number of hydrogen-bond donors (Lipinski definition) is 2. The summed E-state index contributed by atoms with van der Waals surface area (Å²) in [5, 5.41) is 4.46. The average molecular weight is 393 g/mol. The summed E-state index contributed by atoms with van der Waals surface area (Å²) in [5.41, 5.74) is 5.60. The van der Waals surface area contributed by atoms with Crippen LogP contribution in [0.1, 0.15) is 15.9 Å². The maximum absolute atomic E-state index is 13.1. The number of nitrogens with zero attached hydrogens (tertiary/aromatic N) is 2. The highest BCUT2D eigenvalue weighted by molar-refractivity contribution is 6.33. The second-order valence-corrected chi connectivity index (χ2v) is 6.46. The summed E-state index contributed by atoms with van der Waals surface area (Å²) in [5.74, 6) is -0.125. The van der Waals surface area contributed by atoms with Crippen molar-refractivity contribution < 1.29 is 9.18 Å². The number of carbonyl (C=O) groups excluding carboxylic acids is 1. The molecule has 0 aliphatic heterocycles. The summed E-state index contributed by atoms with van der Waals surface area (Å²) in [6, 6.07) is 18.4. The van der Waals surface area contributed by atoms with E-state index in [4.69, 9.17) is 11.6 Å². The first-order chi connectivity index (χ1) is 13.6. The van der Waals surface area contributed by atoms with Crippen LogP contribution in [0.25, 0.3) is 22.4 Å². The number of hydrogen-bond acceptors (Lipinski definition) is 3. The number of amides is 1. The fourth-order valence-corrected chi connectivity index (χ4v) is 2.97. The number of H-pyrrole nitrogens is 1. The summed E-state index contributed by atoms with van der Waals surface area (Å²) in [4.78, 5) is 20.0. The molecule has 0 saturated carbocycles. The zero-order valence-corrected chi connectivity index (χ0v) is 15.2. The van der Waals surface area contributed by atoms with Gasteiger partial charge in [0.2, 0.25) is 0 Å². The number of fused-ring (bicyclic) bond motifs is 1. The lowest BCUT2D eigenvalue weighted by molar-refractivity contribution is 0.0955. The zero-order chi connectivity index (χ0) is 19.5. The largest absolute Gasteiger partial charge is 0.338 e. The number of hydrazone groups is 1. The summed E-state index contributed by atoms with van der Waals surface area (Å²) >= 11 is 6.22. The molecule has 4 rings (SSSR count). The molecule has 28 heavy (non-hydrogen) atoms. The topological polar surface area (TPSA) is 70.1 Å². The number of benzene rings is 3. The molecular formula is C21H14ClFN4O. The van der Waals surface area contributed by atoms with Crippen LogP contribution in [0.4, 0.5) is 4.39 Å². The first kappa shape index (κ1) is 17.9. The highest BCUT2D eigenvalue weighted by Gasteiger charge is 2.11. The maximum atomic E-state index is 13.1. The Bertz CT molecular complexity index is 1200. The van der Waals surface area contributed by atoms with Crippen LogP contribution in [0.5, 0.6) is 0 Å². The fraction of sp³-hybridized carbons (Fsp3) is 0. The minimum Gasteiger partial charge on any atom is -0.338 e. The molecule has 0 unspecified atom stereocenters. The quantitative estimate of drug-likeness (QED) is 0.387. The Kier molecular flexibility index (Phi) is 4.87. The molecule has 2 N–H and O–H groups in total. The van der Waals surface area contributed by atoms with E-state index >= 15 is 0 Å². The van der Waals surface area contributed by atoms with Gasteiger partial charge in [-0.2, -0.15) is 5.10 Å². The molecule has 0 spiro atoms. The van der Waals surface area contributed by atoms with Crippen molar-refractivity contribution in [2.75, 3.05) is 0 Å². The molecule has 5 nitrogen and oxygen atoms in total. The predicted octanol–water partition coefficient (Wildman–Crippen LogP) is 4.79. The van der Waals surface area contributed by atoms with E-state index in [1.165, 1.54) is 18.3 Å². The summed E-state index contributed by atoms with van der Waals surface area (Å²) < 4.78 is 13.1. The minimum atomic E-state index is -0.386. The van der Waals surface area contributed by atoms with E-state index in [0.29, 0.717) is 27.5 Å². The van der Waals surface area contributed by atoms with Crippen molar-refractivity contribution in [3.63, 3.8) is 0 Å². The minimum absolute atomic E-state index is 0.366. The van der Waals surface area contributed by atoms with Gasteiger partial charge in [0.15, 0.2) is 0 Å². The SMILES string of the molecule is O=C(N/N=C/c1cccc(F)c1)c1ccc2nc(-c3ccccc3Cl)[nH]c2c1. The molecule has 138 valence electrons.